The minimum atomic E-state index is -4.63. The van der Waals surface area contributed by atoms with Crippen molar-refractivity contribution in [2.45, 2.75) is 51.6 Å². The van der Waals surface area contributed by atoms with Crippen LogP contribution in [0.2, 0.25) is 0 Å². The summed E-state index contributed by atoms with van der Waals surface area (Å²) in [6.45, 7) is 8.20. The third-order valence-corrected chi connectivity index (χ3v) is 6.21. The van der Waals surface area contributed by atoms with E-state index in [1.54, 1.807) is 31.5 Å². The van der Waals surface area contributed by atoms with E-state index in [9.17, 15) is 21.9 Å². The molecule has 37 heavy (non-hydrogen) atoms. The van der Waals surface area contributed by atoms with Gasteiger partial charge in [-0.2, -0.15) is 18.2 Å². The molecule has 210 valence electrons. The van der Waals surface area contributed by atoms with Crippen LogP contribution in [0.3, 0.4) is 0 Å². The summed E-state index contributed by atoms with van der Waals surface area (Å²) in [5.41, 5.74) is 5.04. The smallest absolute Gasteiger partial charge is 0.410 e. The molecule has 0 bridgehead atoms. The van der Waals surface area contributed by atoms with Gasteiger partial charge in [0.15, 0.2) is 0 Å². The normalized spacial score (nSPS) is 22.7. The Bertz CT molecular complexity index is 947. The number of aliphatic imine (C=N–C) groups is 1. The fourth-order valence-electron chi connectivity index (χ4n) is 3.85. The lowest BCUT2D eigenvalue weighted by Crippen LogP contribution is -2.59. The van der Waals surface area contributed by atoms with Crippen LogP contribution in [0.1, 0.15) is 27.7 Å². The van der Waals surface area contributed by atoms with Crippen molar-refractivity contribution in [3.63, 3.8) is 0 Å². The Morgan fingerprint density at radius 1 is 1.24 bits per heavy atom. The van der Waals surface area contributed by atoms with Crippen molar-refractivity contribution in [3.8, 4) is 5.88 Å². The number of anilines is 2. The van der Waals surface area contributed by atoms with Crippen molar-refractivity contribution in [2.75, 3.05) is 56.2 Å². The molecule has 3 heterocycles. The number of allylic oxidation sites excluding steroid dienone is 1. The lowest BCUT2D eigenvalue weighted by Gasteiger charge is -2.43. The molecule has 2 N–H and O–H groups in total. The summed E-state index contributed by atoms with van der Waals surface area (Å²) in [6.07, 6.45) is 0.0973. The standard InChI is InChI=1S/C19H29F3N4O4S.C4H8N2/c1-13-12-29-8-7-25(13)14-9-16(23-17(10-14)30-18(2,3)4)26-6-5-24(31(27)28)11-15(26)19(20,21)22;1-6-4-2-3-5/h9-10,13,15H,5-8,11-12H2,1-4H3,(H,27,28);2-4H,5H2,1H3/p-1/t13-,15?;/m1./s1. The highest BCUT2D eigenvalue weighted by Crippen LogP contribution is 2.35. The largest absolute Gasteiger partial charge is 0.760 e. The maximum atomic E-state index is 13.8. The van der Waals surface area contributed by atoms with Crippen LogP contribution in [0.15, 0.2) is 29.4 Å². The molecule has 0 amide bonds. The van der Waals surface area contributed by atoms with Gasteiger partial charge < -0.3 is 29.6 Å². The molecule has 3 atom stereocenters. The zero-order valence-corrected chi connectivity index (χ0v) is 22.6. The molecule has 2 unspecified atom stereocenters. The molecule has 0 saturated carbocycles. The second kappa shape index (κ2) is 13.4. The first kappa shape index (κ1) is 30.8. The topological polar surface area (TPSA) is 120 Å². The van der Waals surface area contributed by atoms with E-state index in [1.165, 1.54) is 6.20 Å². The maximum Gasteiger partial charge on any atom is 0.410 e. The summed E-state index contributed by atoms with van der Waals surface area (Å²) < 4.78 is 76.2. The molecule has 14 heteroatoms. The molecular formula is C23H36F3N6O4S-. The predicted octanol–water partition coefficient (Wildman–Crippen LogP) is 2.49. The highest BCUT2D eigenvalue weighted by Gasteiger charge is 2.47. The van der Waals surface area contributed by atoms with E-state index in [4.69, 9.17) is 15.2 Å². The van der Waals surface area contributed by atoms with Crippen LogP contribution in [0, 0.1) is 0 Å². The van der Waals surface area contributed by atoms with Crippen LogP contribution < -0.4 is 20.3 Å². The van der Waals surface area contributed by atoms with Crippen LogP contribution in [-0.4, -0.2) is 94.6 Å². The minimum Gasteiger partial charge on any atom is -0.760 e. The van der Waals surface area contributed by atoms with Crippen molar-refractivity contribution in [1.29, 1.82) is 0 Å². The Kier molecular flexibility index (Phi) is 11.2. The second-order valence-corrected chi connectivity index (χ2v) is 10.5. The third-order valence-electron chi connectivity index (χ3n) is 5.46. The molecule has 2 aliphatic rings. The molecule has 1 aromatic heterocycles. The van der Waals surface area contributed by atoms with Crippen LogP contribution in [-0.2, 0) is 16.0 Å². The number of hydrogen-bond donors (Lipinski definition) is 1. The number of piperazine rings is 1. The summed E-state index contributed by atoms with van der Waals surface area (Å²) in [7, 11) is 1.69. The molecule has 0 spiro atoms. The van der Waals surface area contributed by atoms with Crippen molar-refractivity contribution >= 4 is 29.0 Å². The lowest BCUT2D eigenvalue weighted by molar-refractivity contribution is -0.153. The number of pyridine rings is 1. The van der Waals surface area contributed by atoms with Crippen LogP contribution >= 0.6 is 0 Å². The van der Waals surface area contributed by atoms with Gasteiger partial charge in [0.05, 0.1) is 13.2 Å². The number of nitrogens with two attached hydrogens (primary N) is 1. The number of hydrogen-bond acceptors (Lipinski definition) is 9. The first-order valence-electron chi connectivity index (χ1n) is 11.8. The average Bonchev–Trinajstić information content (AvgIpc) is 2.81. The number of nitrogens with zero attached hydrogens (tertiary/aromatic N) is 5. The zero-order chi connectivity index (χ0) is 27.8. The fourth-order valence-corrected chi connectivity index (χ4v) is 4.34. The summed E-state index contributed by atoms with van der Waals surface area (Å²) in [5, 5.41) is 0. The van der Waals surface area contributed by atoms with E-state index in [1.807, 2.05) is 27.7 Å². The fraction of sp³-hybridized carbons (Fsp3) is 0.652. The Balaban J connectivity index is 0.000000717. The molecule has 10 nitrogen and oxygen atoms in total. The monoisotopic (exact) mass is 549 g/mol. The quantitative estimate of drug-likeness (QED) is 0.440. The highest BCUT2D eigenvalue weighted by molar-refractivity contribution is 7.76. The van der Waals surface area contributed by atoms with Gasteiger partial charge in [0, 0.05) is 74.6 Å². The maximum absolute atomic E-state index is 13.8. The number of rotatable bonds is 5. The molecule has 2 aliphatic heterocycles. The average molecular weight is 550 g/mol. The number of halogens is 3. The Morgan fingerprint density at radius 3 is 2.46 bits per heavy atom. The molecule has 0 aliphatic carbocycles. The predicted molar refractivity (Wildman–Crippen MR) is 138 cm³/mol. The molecule has 2 fully saturated rings. The Morgan fingerprint density at radius 2 is 1.95 bits per heavy atom. The van der Waals surface area contributed by atoms with E-state index in [-0.39, 0.29) is 30.8 Å². The number of morpholine rings is 1. The van der Waals surface area contributed by atoms with Gasteiger partial charge in [-0.3, -0.25) is 9.20 Å². The van der Waals surface area contributed by atoms with E-state index >= 15 is 0 Å². The third kappa shape index (κ3) is 9.43. The summed E-state index contributed by atoms with van der Waals surface area (Å²) in [4.78, 5) is 11.2. The molecular weight excluding hydrogens is 513 g/mol. The van der Waals surface area contributed by atoms with Gasteiger partial charge in [0.25, 0.3) is 0 Å². The number of alkyl halides is 3. The van der Waals surface area contributed by atoms with Crippen LogP contribution in [0.4, 0.5) is 24.7 Å². The molecule has 2 saturated heterocycles. The van der Waals surface area contributed by atoms with E-state index in [0.717, 1.165) is 9.21 Å². The Labute approximate surface area is 218 Å². The zero-order valence-electron chi connectivity index (χ0n) is 21.8. The molecule has 3 rings (SSSR count). The van der Waals surface area contributed by atoms with E-state index in [0.29, 0.717) is 25.4 Å². The number of ether oxygens (including phenoxy) is 2. The van der Waals surface area contributed by atoms with Gasteiger partial charge >= 0.3 is 6.18 Å². The van der Waals surface area contributed by atoms with E-state index < -0.39 is 35.6 Å². The van der Waals surface area contributed by atoms with Gasteiger partial charge in [-0.25, -0.2) is 4.31 Å². The minimum absolute atomic E-state index is 0.0321. The Hall–Kier alpha value is -2.42. The van der Waals surface area contributed by atoms with Gasteiger partial charge in [0.2, 0.25) is 5.88 Å². The van der Waals surface area contributed by atoms with E-state index in [2.05, 4.69) is 14.9 Å². The van der Waals surface area contributed by atoms with Gasteiger partial charge in [-0.15, -0.1) is 0 Å². The van der Waals surface area contributed by atoms with Crippen molar-refractivity contribution in [1.82, 2.24) is 9.29 Å². The molecule has 0 radical (unpaired) electrons. The van der Waals surface area contributed by atoms with Crippen molar-refractivity contribution in [3.05, 3.63) is 24.4 Å². The van der Waals surface area contributed by atoms with Gasteiger partial charge in [-0.05, 0) is 40.0 Å². The van der Waals surface area contributed by atoms with Gasteiger partial charge in [0.1, 0.15) is 17.5 Å². The van der Waals surface area contributed by atoms with Gasteiger partial charge in [-0.1, -0.05) is 0 Å². The second-order valence-electron chi connectivity index (χ2n) is 9.50. The van der Waals surface area contributed by atoms with Crippen molar-refractivity contribution in [2.24, 2.45) is 10.7 Å². The first-order valence-corrected chi connectivity index (χ1v) is 12.8. The summed E-state index contributed by atoms with van der Waals surface area (Å²) in [5.74, 6) is 0.323. The molecule has 1 aromatic rings. The lowest BCUT2D eigenvalue weighted by atomic mass is 10.1. The van der Waals surface area contributed by atoms with Crippen LogP contribution in [0.5, 0.6) is 5.88 Å². The summed E-state index contributed by atoms with van der Waals surface area (Å²) >= 11 is -2.72. The number of aromatic nitrogens is 1. The molecule has 0 aromatic carbocycles. The highest BCUT2D eigenvalue weighted by atomic mass is 32.2. The first-order chi connectivity index (χ1) is 17.3. The summed E-state index contributed by atoms with van der Waals surface area (Å²) in [6, 6.07) is 1.36. The van der Waals surface area contributed by atoms with Crippen LogP contribution in [0.25, 0.3) is 0 Å². The SMILES string of the molecule is CN=CC=CN.C[C@@H]1COCCN1c1cc(OC(C)(C)C)nc(N2CCN(S(=O)[O-])CC2C(F)(F)F)c1. The van der Waals surface area contributed by atoms with Crippen molar-refractivity contribution < 1.29 is 31.4 Å².